The normalized spacial score (nSPS) is 11.9. The molecule has 0 aromatic heterocycles. The Morgan fingerprint density at radius 1 is 1.07 bits per heavy atom. The molecule has 0 saturated heterocycles. The Labute approximate surface area is 183 Å². The van der Waals surface area contributed by atoms with Crippen LogP contribution in [0.3, 0.4) is 0 Å². The molecule has 4 nitrogen and oxygen atoms in total. The zero-order chi connectivity index (χ0) is 21.4. The molecule has 29 heavy (non-hydrogen) atoms. The van der Waals surface area contributed by atoms with Gasteiger partial charge in [-0.1, -0.05) is 80.4 Å². The van der Waals surface area contributed by atoms with Crippen LogP contribution >= 0.6 is 23.2 Å². The lowest BCUT2D eigenvalue weighted by atomic mass is 10.1. The van der Waals surface area contributed by atoms with Crippen molar-refractivity contribution < 1.29 is 9.59 Å². The molecule has 0 radical (unpaired) electrons. The topological polar surface area (TPSA) is 49.4 Å². The molecule has 2 aromatic carbocycles. The monoisotopic (exact) mass is 434 g/mol. The Balaban J connectivity index is 2.27. The zero-order valence-electron chi connectivity index (χ0n) is 17.1. The molecular weight excluding hydrogens is 407 g/mol. The van der Waals surface area contributed by atoms with E-state index in [1.54, 1.807) is 23.1 Å². The fourth-order valence-corrected chi connectivity index (χ4v) is 3.53. The maximum atomic E-state index is 13.3. The van der Waals surface area contributed by atoms with Gasteiger partial charge in [-0.05, 0) is 35.6 Å². The van der Waals surface area contributed by atoms with Crippen LogP contribution in [0.5, 0.6) is 0 Å². The minimum absolute atomic E-state index is 0.108. The van der Waals surface area contributed by atoms with E-state index in [2.05, 4.69) is 5.32 Å². The summed E-state index contributed by atoms with van der Waals surface area (Å²) in [5, 5.41) is 3.93. The Morgan fingerprint density at radius 2 is 1.76 bits per heavy atom. The summed E-state index contributed by atoms with van der Waals surface area (Å²) in [6.45, 7) is 6.93. The predicted molar refractivity (Wildman–Crippen MR) is 119 cm³/mol. The number of hydrogen-bond acceptors (Lipinski definition) is 2. The molecule has 0 aliphatic heterocycles. The third-order valence-electron chi connectivity index (χ3n) is 4.62. The highest BCUT2D eigenvalue weighted by Gasteiger charge is 2.29. The van der Waals surface area contributed by atoms with E-state index in [0.29, 0.717) is 41.0 Å². The van der Waals surface area contributed by atoms with Crippen molar-refractivity contribution in [3.63, 3.8) is 0 Å². The largest absolute Gasteiger partial charge is 0.354 e. The van der Waals surface area contributed by atoms with Gasteiger partial charge in [0, 0.05) is 23.1 Å². The van der Waals surface area contributed by atoms with Gasteiger partial charge in [-0.15, -0.1) is 0 Å². The predicted octanol–water partition coefficient (Wildman–Crippen LogP) is 5.12. The zero-order valence-corrected chi connectivity index (χ0v) is 18.6. The first kappa shape index (κ1) is 23.2. The van der Waals surface area contributed by atoms with Gasteiger partial charge in [-0.25, -0.2) is 0 Å². The van der Waals surface area contributed by atoms with E-state index < -0.39 is 6.04 Å². The maximum absolute atomic E-state index is 13.3. The summed E-state index contributed by atoms with van der Waals surface area (Å²) < 4.78 is 0. The number of carbonyl (C=O) groups is 2. The minimum atomic E-state index is -0.549. The van der Waals surface area contributed by atoms with E-state index in [0.717, 1.165) is 5.56 Å². The van der Waals surface area contributed by atoms with Crippen LogP contribution in [-0.4, -0.2) is 29.3 Å². The van der Waals surface area contributed by atoms with Crippen molar-refractivity contribution in [3.8, 4) is 0 Å². The van der Waals surface area contributed by atoms with Gasteiger partial charge in [-0.3, -0.25) is 9.59 Å². The molecule has 0 spiro atoms. The number of nitrogens with zero attached hydrogens (tertiary/aromatic N) is 1. The summed E-state index contributed by atoms with van der Waals surface area (Å²) in [6.07, 6.45) is 0.633. The SMILES string of the molecule is CC[C@H](C(=O)NCC(C)C)N(Cc1ccccc1)C(=O)Cc1ccc(Cl)cc1Cl. The maximum Gasteiger partial charge on any atom is 0.242 e. The summed E-state index contributed by atoms with van der Waals surface area (Å²) in [6, 6.07) is 14.2. The van der Waals surface area contributed by atoms with Crippen molar-refractivity contribution in [2.45, 2.75) is 46.2 Å². The van der Waals surface area contributed by atoms with Crippen LogP contribution in [-0.2, 0) is 22.6 Å². The first-order chi connectivity index (χ1) is 13.8. The van der Waals surface area contributed by atoms with Gasteiger partial charge < -0.3 is 10.2 Å². The van der Waals surface area contributed by atoms with E-state index >= 15 is 0 Å². The number of halogens is 2. The molecule has 0 saturated carbocycles. The van der Waals surface area contributed by atoms with Crippen LogP contribution in [0.25, 0.3) is 0 Å². The number of benzene rings is 2. The molecule has 0 fully saturated rings. The summed E-state index contributed by atoms with van der Waals surface area (Å²) in [5.74, 6) is 0.0555. The number of rotatable bonds is 9. The minimum Gasteiger partial charge on any atom is -0.354 e. The molecule has 2 rings (SSSR count). The number of hydrogen-bond donors (Lipinski definition) is 1. The van der Waals surface area contributed by atoms with E-state index in [1.807, 2.05) is 51.1 Å². The third-order valence-corrected chi connectivity index (χ3v) is 5.21. The van der Waals surface area contributed by atoms with Crippen LogP contribution < -0.4 is 5.32 Å². The average Bonchev–Trinajstić information content (AvgIpc) is 2.69. The molecule has 2 amide bonds. The van der Waals surface area contributed by atoms with Crippen LogP contribution in [0.1, 0.15) is 38.3 Å². The average molecular weight is 435 g/mol. The van der Waals surface area contributed by atoms with Crippen molar-refractivity contribution in [2.24, 2.45) is 5.92 Å². The second-order valence-electron chi connectivity index (χ2n) is 7.48. The van der Waals surface area contributed by atoms with Crippen LogP contribution in [0.2, 0.25) is 10.0 Å². The fourth-order valence-electron chi connectivity index (χ4n) is 3.05. The second kappa shape index (κ2) is 11.2. The third kappa shape index (κ3) is 7.06. The van der Waals surface area contributed by atoms with E-state index in [9.17, 15) is 9.59 Å². The molecule has 0 heterocycles. The number of nitrogens with one attached hydrogen (secondary N) is 1. The molecule has 0 bridgehead atoms. The highest BCUT2D eigenvalue weighted by atomic mass is 35.5. The van der Waals surface area contributed by atoms with Crippen LogP contribution in [0, 0.1) is 5.92 Å². The summed E-state index contributed by atoms with van der Waals surface area (Å²) in [5.41, 5.74) is 1.66. The van der Waals surface area contributed by atoms with Gasteiger partial charge in [0.15, 0.2) is 0 Å². The van der Waals surface area contributed by atoms with E-state index in [1.165, 1.54) is 0 Å². The lowest BCUT2D eigenvalue weighted by Crippen LogP contribution is -2.50. The smallest absolute Gasteiger partial charge is 0.242 e. The second-order valence-corrected chi connectivity index (χ2v) is 8.33. The molecule has 156 valence electrons. The van der Waals surface area contributed by atoms with E-state index in [-0.39, 0.29) is 18.2 Å². The Bertz CT molecular complexity index is 825. The standard InChI is InChI=1S/C23H28Cl2N2O2/c1-4-21(23(29)26-14-16(2)3)27(15-17-8-6-5-7-9-17)22(28)12-18-10-11-19(24)13-20(18)25/h5-11,13,16,21H,4,12,14-15H2,1-3H3,(H,26,29)/t21-/m1/s1. The quantitative estimate of drug-likeness (QED) is 0.595. The molecular formula is C23H28Cl2N2O2. The molecule has 0 aliphatic rings. The van der Waals surface area contributed by atoms with Gasteiger partial charge >= 0.3 is 0 Å². The van der Waals surface area contributed by atoms with Crippen molar-refractivity contribution in [3.05, 3.63) is 69.7 Å². The summed E-state index contributed by atoms with van der Waals surface area (Å²) in [7, 11) is 0. The molecule has 1 N–H and O–H groups in total. The van der Waals surface area contributed by atoms with E-state index in [4.69, 9.17) is 23.2 Å². The van der Waals surface area contributed by atoms with Gasteiger partial charge in [0.1, 0.15) is 6.04 Å². The van der Waals surface area contributed by atoms with Crippen molar-refractivity contribution in [2.75, 3.05) is 6.54 Å². The highest BCUT2D eigenvalue weighted by molar-refractivity contribution is 6.35. The first-order valence-corrected chi connectivity index (χ1v) is 10.6. The molecule has 6 heteroatoms. The Hall–Kier alpha value is -2.04. The Kier molecular flexibility index (Phi) is 8.99. The molecule has 1 atom stereocenters. The number of carbonyl (C=O) groups excluding carboxylic acids is 2. The van der Waals surface area contributed by atoms with Crippen molar-refractivity contribution >= 4 is 35.0 Å². The van der Waals surface area contributed by atoms with Gasteiger partial charge in [0.25, 0.3) is 0 Å². The molecule has 0 unspecified atom stereocenters. The lowest BCUT2D eigenvalue weighted by molar-refractivity contribution is -0.141. The van der Waals surface area contributed by atoms with Crippen molar-refractivity contribution in [1.82, 2.24) is 10.2 Å². The van der Waals surface area contributed by atoms with Crippen LogP contribution in [0.4, 0.5) is 0 Å². The summed E-state index contributed by atoms with van der Waals surface area (Å²) >= 11 is 12.2. The fraction of sp³-hybridized carbons (Fsp3) is 0.391. The van der Waals surface area contributed by atoms with Gasteiger partial charge in [0.05, 0.1) is 6.42 Å². The first-order valence-electron chi connectivity index (χ1n) is 9.86. The summed E-state index contributed by atoms with van der Waals surface area (Å²) in [4.78, 5) is 27.7. The van der Waals surface area contributed by atoms with Gasteiger partial charge in [-0.2, -0.15) is 0 Å². The molecule has 0 aliphatic carbocycles. The highest BCUT2D eigenvalue weighted by Crippen LogP contribution is 2.23. The lowest BCUT2D eigenvalue weighted by Gasteiger charge is -2.31. The van der Waals surface area contributed by atoms with Crippen molar-refractivity contribution in [1.29, 1.82) is 0 Å². The number of amides is 2. The van der Waals surface area contributed by atoms with Gasteiger partial charge in [0.2, 0.25) is 11.8 Å². The van der Waals surface area contributed by atoms with Crippen LogP contribution in [0.15, 0.2) is 48.5 Å². The molecule has 2 aromatic rings. The Morgan fingerprint density at radius 3 is 2.34 bits per heavy atom.